The number of carbonyl (C=O) groups is 1. The highest BCUT2D eigenvalue weighted by Crippen LogP contribution is 2.34. The van der Waals surface area contributed by atoms with Crippen LogP contribution in [0.1, 0.15) is 23.1 Å². The maximum Gasteiger partial charge on any atom is 0.266 e. The minimum absolute atomic E-state index is 0.0567. The molecule has 1 amide bonds. The summed E-state index contributed by atoms with van der Waals surface area (Å²) in [7, 11) is 4.68. The zero-order chi connectivity index (χ0) is 29.2. The van der Waals surface area contributed by atoms with Crippen LogP contribution < -0.4 is 29.8 Å². The molecule has 1 atom stereocenters. The normalized spacial score (nSPS) is 16.0. The molecule has 41 heavy (non-hydrogen) atoms. The van der Waals surface area contributed by atoms with E-state index >= 15 is 0 Å². The molecule has 3 aromatic carbocycles. The van der Waals surface area contributed by atoms with Crippen LogP contribution in [0, 0.1) is 0 Å². The number of hydrogen-bond acceptors (Lipinski definition) is 9. The number of rotatable bonds is 14. The Morgan fingerprint density at radius 2 is 1.73 bits per heavy atom. The van der Waals surface area contributed by atoms with E-state index in [0.29, 0.717) is 53.9 Å². The maximum atomic E-state index is 13.8. The van der Waals surface area contributed by atoms with E-state index in [1.54, 1.807) is 33.5 Å². The van der Waals surface area contributed by atoms with Crippen LogP contribution in [-0.2, 0) is 22.5 Å². The molecule has 0 bridgehead atoms. The van der Waals surface area contributed by atoms with Crippen LogP contribution in [0.4, 0.5) is 0 Å². The Bertz CT molecular complexity index is 1340. The number of ether oxygens (including phenoxy) is 5. The fourth-order valence-corrected chi connectivity index (χ4v) is 4.79. The second-order valence-corrected chi connectivity index (χ2v) is 10.1. The molecular formula is C30H34BrN3O7. The predicted octanol–water partition coefficient (Wildman–Crippen LogP) is 3.82. The van der Waals surface area contributed by atoms with Gasteiger partial charge >= 0.3 is 0 Å². The molecule has 4 rings (SSSR count). The molecule has 0 fully saturated rings. The van der Waals surface area contributed by atoms with Crippen molar-refractivity contribution in [2.45, 2.75) is 24.9 Å². The SMILES string of the molecule is COc1cc(OC)c(CNNC(=O)[C@]2(Cc3ccccc3Br)COC(c3ccc(OCCCO)cc3)=N2)c(OC)c1. The highest BCUT2D eigenvalue weighted by Gasteiger charge is 2.45. The van der Waals surface area contributed by atoms with Crippen molar-refractivity contribution in [1.82, 2.24) is 10.9 Å². The molecule has 3 aromatic rings. The number of aliphatic imine (C=N–C) groups is 1. The molecule has 3 N–H and O–H groups in total. The fourth-order valence-electron chi connectivity index (χ4n) is 4.37. The van der Waals surface area contributed by atoms with Gasteiger partial charge in [-0.15, -0.1) is 0 Å². The van der Waals surface area contributed by atoms with Crippen LogP contribution in [-0.4, -0.2) is 63.6 Å². The molecule has 0 radical (unpaired) electrons. The molecule has 1 aliphatic rings. The number of hydrogen-bond donors (Lipinski definition) is 3. The van der Waals surface area contributed by atoms with Crippen molar-refractivity contribution in [1.29, 1.82) is 0 Å². The van der Waals surface area contributed by atoms with Crippen LogP contribution in [0.2, 0.25) is 0 Å². The molecule has 0 saturated carbocycles. The lowest BCUT2D eigenvalue weighted by molar-refractivity contribution is -0.127. The van der Waals surface area contributed by atoms with Gasteiger partial charge in [-0.25, -0.2) is 10.4 Å². The van der Waals surface area contributed by atoms with Gasteiger partial charge in [0, 0.05) is 48.2 Å². The van der Waals surface area contributed by atoms with Crippen molar-refractivity contribution in [2.75, 3.05) is 41.2 Å². The average Bonchev–Trinajstić information content (AvgIpc) is 3.44. The van der Waals surface area contributed by atoms with E-state index < -0.39 is 5.54 Å². The second kappa shape index (κ2) is 14.2. The van der Waals surface area contributed by atoms with Gasteiger partial charge in [0.1, 0.15) is 29.6 Å². The number of amides is 1. The summed E-state index contributed by atoms with van der Waals surface area (Å²) in [5, 5.41) is 8.96. The number of halogens is 1. The van der Waals surface area contributed by atoms with Crippen LogP contribution in [0.25, 0.3) is 0 Å². The summed E-state index contributed by atoms with van der Waals surface area (Å²) in [6.07, 6.45) is 0.860. The maximum absolute atomic E-state index is 13.8. The third-order valence-corrected chi connectivity index (χ3v) is 7.36. The number of carbonyl (C=O) groups excluding carboxylic acids is 1. The van der Waals surface area contributed by atoms with Crippen molar-refractivity contribution < 1.29 is 33.6 Å². The fraction of sp³-hybridized carbons (Fsp3) is 0.333. The lowest BCUT2D eigenvalue weighted by Crippen LogP contribution is -2.52. The minimum Gasteiger partial charge on any atom is -0.496 e. The van der Waals surface area contributed by atoms with E-state index in [4.69, 9.17) is 33.8 Å². The summed E-state index contributed by atoms with van der Waals surface area (Å²) >= 11 is 3.59. The number of nitrogens with zero attached hydrogens (tertiary/aromatic N) is 1. The molecule has 0 unspecified atom stereocenters. The van der Waals surface area contributed by atoms with E-state index in [-0.39, 0.29) is 25.7 Å². The molecule has 218 valence electrons. The van der Waals surface area contributed by atoms with Gasteiger partial charge in [-0.05, 0) is 35.9 Å². The first-order valence-electron chi connectivity index (χ1n) is 13.1. The third-order valence-electron chi connectivity index (χ3n) is 6.58. The predicted molar refractivity (Wildman–Crippen MR) is 158 cm³/mol. The Morgan fingerprint density at radius 3 is 2.37 bits per heavy atom. The van der Waals surface area contributed by atoms with Crippen LogP contribution in [0.5, 0.6) is 23.0 Å². The van der Waals surface area contributed by atoms with Crippen molar-refractivity contribution >= 4 is 27.7 Å². The van der Waals surface area contributed by atoms with Gasteiger partial charge in [-0.3, -0.25) is 10.2 Å². The molecular weight excluding hydrogens is 594 g/mol. The zero-order valence-electron chi connectivity index (χ0n) is 23.2. The number of benzene rings is 3. The van der Waals surface area contributed by atoms with E-state index in [1.807, 2.05) is 48.5 Å². The van der Waals surface area contributed by atoms with Crippen LogP contribution >= 0.6 is 15.9 Å². The Balaban J connectivity index is 1.55. The largest absolute Gasteiger partial charge is 0.496 e. The van der Waals surface area contributed by atoms with E-state index in [2.05, 4.69) is 26.8 Å². The monoisotopic (exact) mass is 627 g/mol. The average molecular weight is 629 g/mol. The molecule has 0 spiro atoms. The first-order valence-corrected chi connectivity index (χ1v) is 13.8. The number of aliphatic hydroxyl groups is 1. The molecule has 0 aromatic heterocycles. The summed E-state index contributed by atoms with van der Waals surface area (Å²) in [6.45, 7) is 0.772. The third kappa shape index (κ3) is 7.29. The summed E-state index contributed by atoms with van der Waals surface area (Å²) in [5.74, 6) is 2.39. The van der Waals surface area contributed by atoms with E-state index in [9.17, 15) is 4.79 Å². The smallest absolute Gasteiger partial charge is 0.266 e. The van der Waals surface area contributed by atoms with Crippen molar-refractivity contribution in [3.8, 4) is 23.0 Å². The number of aliphatic hydroxyl groups excluding tert-OH is 1. The highest BCUT2D eigenvalue weighted by molar-refractivity contribution is 9.10. The van der Waals surface area contributed by atoms with Gasteiger partial charge in [0.15, 0.2) is 5.54 Å². The number of nitrogens with one attached hydrogen (secondary N) is 2. The Hall–Kier alpha value is -3.80. The van der Waals surface area contributed by atoms with Gasteiger partial charge in [-0.1, -0.05) is 34.1 Å². The first kappa shape index (κ1) is 30.2. The lowest BCUT2D eigenvalue weighted by atomic mass is 9.91. The molecule has 1 aliphatic heterocycles. The highest BCUT2D eigenvalue weighted by atomic mass is 79.9. The van der Waals surface area contributed by atoms with E-state index in [0.717, 1.165) is 15.6 Å². The van der Waals surface area contributed by atoms with Gasteiger partial charge in [0.25, 0.3) is 5.91 Å². The van der Waals surface area contributed by atoms with Gasteiger partial charge < -0.3 is 28.8 Å². The zero-order valence-corrected chi connectivity index (χ0v) is 24.8. The Morgan fingerprint density at radius 1 is 1.02 bits per heavy atom. The molecule has 1 heterocycles. The summed E-state index contributed by atoms with van der Waals surface area (Å²) in [5.41, 5.74) is 6.96. The van der Waals surface area contributed by atoms with Crippen molar-refractivity contribution in [3.63, 3.8) is 0 Å². The van der Waals surface area contributed by atoms with Gasteiger partial charge in [-0.2, -0.15) is 0 Å². The minimum atomic E-state index is -1.23. The Kier molecular flexibility index (Phi) is 10.4. The summed E-state index contributed by atoms with van der Waals surface area (Å²) in [4.78, 5) is 18.6. The second-order valence-electron chi connectivity index (χ2n) is 9.27. The molecule has 0 saturated heterocycles. The standard InChI is InChI=1S/C30H34BrN3O7/c1-37-23-15-26(38-2)24(27(16-23)39-3)18-32-34-29(36)30(17-21-7-4-5-8-25(21)31)19-41-28(33-30)20-9-11-22(12-10-20)40-14-6-13-35/h4-5,7-12,15-16,32,35H,6,13-14,17-19H2,1-3H3,(H,34,36)/t30-/m0/s1. The number of methoxy groups -OCH3 is 3. The topological polar surface area (TPSA) is 120 Å². The summed E-state index contributed by atoms with van der Waals surface area (Å²) < 4.78 is 28.9. The quantitative estimate of drug-likeness (QED) is 0.182. The Labute approximate surface area is 247 Å². The van der Waals surface area contributed by atoms with Crippen LogP contribution in [0.3, 0.4) is 0 Å². The first-order chi connectivity index (χ1) is 19.9. The lowest BCUT2D eigenvalue weighted by Gasteiger charge is -2.24. The molecule has 0 aliphatic carbocycles. The molecule has 11 heteroatoms. The van der Waals surface area contributed by atoms with Crippen LogP contribution in [0.15, 0.2) is 70.1 Å². The number of hydrazine groups is 1. The van der Waals surface area contributed by atoms with Crippen molar-refractivity contribution in [3.05, 3.63) is 81.8 Å². The molecule has 10 nitrogen and oxygen atoms in total. The van der Waals surface area contributed by atoms with Gasteiger partial charge in [0.05, 0.1) is 33.5 Å². The van der Waals surface area contributed by atoms with Gasteiger partial charge in [0.2, 0.25) is 5.90 Å². The van der Waals surface area contributed by atoms with Crippen molar-refractivity contribution in [2.24, 2.45) is 4.99 Å². The van der Waals surface area contributed by atoms with E-state index in [1.165, 1.54) is 0 Å². The summed E-state index contributed by atoms with van der Waals surface area (Å²) in [6, 6.07) is 18.5.